The second-order valence-corrected chi connectivity index (χ2v) is 8.90. The molecule has 182 valence electrons. The lowest BCUT2D eigenvalue weighted by molar-refractivity contribution is 0.0706. The molecule has 35 heavy (non-hydrogen) atoms. The fourth-order valence-corrected chi connectivity index (χ4v) is 4.96. The highest BCUT2D eigenvalue weighted by molar-refractivity contribution is 7.98. The minimum Gasteiger partial charge on any atom is -0.502 e. The molecular formula is C27H29N3O4S. The largest absolute Gasteiger partial charge is 0.502 e. The fraction of sp³-hybridized carbons (Fsp3) is 0.259. The molecule has 0 fully saturated rings. The predicted octanol–water partition coefficient (Wildman–Crippen LogP) is 4.37. The van der Waals surface area contributed by atoms with E-state index < -0.39 is 11.2 Å². The fourth-order valence-electron chi connectivity index (χ4n) is 3.97. The van der Waals surface area contributed by atoms with Crippen LogP contribution in [-0.4, -0.2) is 40.4 Å². The molecule has 5 rings (SSSR count). The monoisotopic (exact) mass is 491 g/mol. The normalized spacial score (nSPS) is 16.2. The van der Waals surface area contributed by atoms with Crippen molar-refractivity contribution in [3.63, 3.8) is 0 Å². The number of rotatable bonds is 0. The maximum atomic E-state index is 13.1. The Labute approximate surface area is 209 Å². The minimum atomic E-state index is -0.570. The number of amides is 1. The zero-order chi connectivity index (χ0) is 24.8. The summed E-state index contributed by atoms with van der Waals surface area (Å²) in [4.78, 5) is 27.9. The van der Waals surface area contributed by atoms with E-state index in [2.05, 4.69) is 24.3 Å². The molecule has 3 aromatic rings. The molecule has 4 bridgehead atoms. The van der Waals surface area contributed by atoms with E-state index >= 15 is 0 Å². The van der Waals surface area contributed by atoms with E-state index in [9.17, 15) is 14.7 Å². The predicted molar refractivity (Wildman–Crippen MR) is 139 cm³/mol. The summed E-state index contributed by atoms with van der Waals surface area (Å²) < 4.78 is 7.44. The van der Waals surface area contributed by atoms with Gasteiger partial charge in [-0.3, -0.25) is 19.3 Å². The molecule has 2 aromatic carbocycles. The lowest BCUT2D eigenvalue weighted by Crippen LogP contribution is -2.53. The van der Waals surface area contributed by atoms with E-state index in [-0.39, 0.29) is 11.6 Å². The maximum Gasteiger partial charge on any atom is 0.278 e. The molecule has 0 unspecified atom stereocenters. The summed E-state index contributed by atoms with van der Waals surface area (Å²) in [5, 5.41) is 12.4. The number of hydrogen-bond donors (Lipinski definition) is 1. The van der Waals surface area contributed by atoms with Gasteiger partial charge in [-0.05, 0) is 35.4 Å². The van der Waals surface area contributed by atoms with E-state index in [1.165, 1.54) is 11.6 Å². The Morgan fingerprint density at radius 1 is 1.00 bits per heavy atom. The van der Waals surface area contributed by atoms with Gasteiger partial charge in [0, 0.05) is 29.5 Å². The van der Waals surface area contributed by atoms with Gasteiger partial charge in [0.1, 0.15) is 19.0 Å². The highest BCUT2D eigenvalue weighted by Crippen LogP contribution is 2.29. The smallest absolute Gasteiger partial charge is 0.278 e. The Morgan fingerprint density at radius 2 is 1.83 bits per heavy atom. The van der Waals surface area contributed by atoms with Crippen molar-refractivity contribution >= 4 is 17.7 Å². The molecule has 0 spiro atoms. The molecule has 1 aromatic heterocycles. The quantitative estimate of drug-likeness (QED) is 0.471. The molecule has 3 heterocycles. The first-order valence-corrected chi connectivity index (χ1v) is 12.7. The van der Waals surface area contributed by atoms with Gasteiger partial charge in [0.2, 0.25) is 5.43 Å². The molecule has 0 atom stereocenters. The summed E-state index contributed by atoms with van der Waals surface area (Å²) in [5.74, 6) is 0.679. The van der Waals surface area contributed by atoms with Gasteiger partial charge < -0.3 is 14.7 Å². The van der Waals surface area contributed by atoms with E-state index in [0.717, 1.165) is 22.0 Å². The van der Waals surface area contributed by atoms with E-state index in [1.807, 2.05) is 55.3 Å². The summed E-state index contributed by atoms with van der Waals surface area (Å²) in [7, 11) is 0. The summed E-state index contributed by atoms with van der Waals surface area (Å²) >= 11 is 1.74. The number of aromatic nitrogens is 1. The van der Waals surface area contributed by atoms with Crippen molar-refractivity contribution in [3.8, 4) is 11.5 Å². The van der Waals surface area contributed by atoms with Gasteiger partial charge in [0.15, 0.2) is 11.4 Å². The van der Waals surface area contributed by atoms with E-state index in [1.54, 1.807) is 27.5 Å². The number of aromatic hydroxyl groups is 1. The van der Waals surface area contributed by atoms with Gasteiger partial charge in [0.25, 0.3) is 5.91 Å². The van der Waals surface area contributed by atoms with Crippen LogP contribution in [0.4, 0.5) is 0 Å². The Balaban J connectivity index is 0.00000141. The number of thioether (sulfide) groups is 1. The van der Waals surface area contributed by atoms with Gasteiger partial charge in [-0.15, -0.1) is 11.8 Å². The number of benzene rings is 2. The SMILES string of the molecule is CC.O=C1c2c(O)c(=O)ccn2N2Cc3ccccc3SCc3cccc(c3)OC/C=C/CN1C2. The average Bonchev–Trinajstić information content (AvgIpc) is 2.88. The van der Waals surface area contributed by atoms with Crippen LogP contribution in [0.5, 0.6) is 11.5 Å². The molecule has 7 nitrogen and oxygen atoms in total. The summed E-state index contributed by atoms with van der Waals surface area (Å²) in [6.07, 6.45) is 5.28. The van der Waals surface area contributed by atoms with Crippen LogP contribution in [0.15, 0.2) is 82.6 Å². The van der Waals surface area contributed by atoms with E-state index in [4.69, 9.17) is 4.74 Å². The highest BCUT2D eigenvalue weighted by Gasteiger charge is 2.32. The second kappa shape index (κ2) is 11.2. The van der Waals surface area contributed by atoms with Crippen LogP contribution in [0.2, 0.25) is 0 Å². The number of pyridine rings is 1. The first-order chi connectivity index (χ1) is 17.1. The molecule has 0 saturated heterocycles. The van der Waals surface area contributed by atoms with Crippen LogP contribution in [-0.2, 0) is 12.3 Å². The Bertz CT molecular complexity index is 1290. The van der Waals surface area contributed by atoms with Crippen molar-refractivity contribution in [1.82, 2.24) is 9.58 Å². The third-order valence-electron chi connectivity index (χ3n) is 5.64. The first-order valence-electron chi connectivity index (χ1n) is 11.7. The zero-order valence-electron chi connectivity index (χ0n) is 19.9. The molecule has 0 aliphatic carbocycles. The van der Waals surface area contributed by atoms with Crippen LogP contribution in [0.25, 0.3) is 0 Å². The number of carbonyl (C=O) groups excluding carboxylic acids is 1. The maximum absolute atomic E-state index is 13.1. The molecule has 1 N–H and O–H groups in total. The van der Waals surface area contributed by atoms with Crippen LogP contribution in [0.3, 0.4) is 0 Å². The third kappa shape index (κ3) is 5.38. The first kappa shape index (κ1) is 24.5. The van der Waals surface area contributed by atoms with Crippen molar-refractivity contribution < 1.29 is 14.6 Å². The zero-order valence-corrected chi connectivity index (χ0v) is 20.7. The number of carbonyl (C=O) groups is 1. The van der Waals surface area contributed by atoms with Crippen molar-refractivity contribution in [3.05, 3.63) is 100.0 Å². The van der Waals surface area contributed by atoms with Crippen molar-refractivity contribution in [1.29, 1.82) is 0 Å². The minimum absolute atomic E-state index is 0.0142. The van der Waals surface area contributed by atoms with Gasteiger partial charge >= 0.3 is 0 Å². The Morgan fingerprint density at radius 3 is 2.69 bits per heavy atom. The second-order valence-electron chi connectivity index (χ2n) is 7.88. The Hall–Kier alpha value is -3.65. The van der Waals surface area contributed by atoms with E-state index in [0.29, 0.717) is 26.4 Å². The van der Waals surface area contributed by atoms with Gasteiger partial charge in [-0.25, -0.2) is 0 Å². The number of hydrogen-bond acceptors (Lipinski definition) is 6. The molecule has 0 saturated carbocycles. The lowest BCUT2D eigenvalue weighted by atomic mass is 10.2. The standard InChI is InChI=1S/C25H23N3O4S.C2H6/c29-21-10-12-28-23(24(21)30)25(31)26-11-3-4-13-32-20-8-5-6-18(14-20)16-33-22-9-2-1-7-19(22)15-27(28)17-26;1-2/h1-10,12,14,30H,11,13,15-17H2;1-2H3/b4-3+;. The molecule has 2 aliphatic heterocycles. The van der Waals surface area contributed by atoms with Crippen LogP contribution in [0, 0.1) is 0 Å². The third-order valence-corrected chi connectivity index (χ3v) is 6.83. The number of ether oxygens (including phenoxy) is 1. The van der Waals surface area contributed by atoms with Crippen LogP contribution in [0.1, 0.15) is 35.5 Å². The summed E-state index contributed by atoms with van der Waals surface area (Å²) in [5.41, 5.74) is 1.68. The summed E-state index contributed by atoms with van der Waals surface area (Å²) in [6, 6.07) is 17.5. The molecular weight excluding hydrogens is 462 g/mol. The number of fused-ring (bicyclic) bond motifs is 7. The van der Waals surface area contributed by atoms with Crippen LogP contribution < -0.4 is 15.2 Å². The average molecular weight is 492 g/mol. The molecule has 8 heteroatoms. The Kier molecular flexibility index (Phi) is 7.82. The number of nitrogens with zero attached hydrogens (tertiary/aromatic N) is 3. The van der Waals surface area contributed by atoms with Gasteiger partial charge in [-0.2, -0.15) is 0 Å². The lowest BCUT2D eigenvalue weighted by Gasteiger charge is -2.39. The summed E-state index contributed by atoms with van der Waals surface area (Å²) in [6.45, 7) is 5.54. The van der Waals surface area contributed by atoms with Gasteiger partial charge in [-0.1, -0.05) is 50.3 Å². The highest BCUT2D eigenvalue weighted by atomic mass is 32.2. The topological polar surface area (TPSA) is 75.0 Å². The van der Waals surface area contributed by atoms with Crippen molar-refractivity contribution in [2.24, 2.45) is 0 Å². The van der Waals surface area contributed by atoms with Crippen molar-refractivity contribution in [2.75, 3.05) is 24.8 Å². The van der Waals surface area contributed by atoms with Crippen LogP contribution >= 0.6 is 11.8 Å². The molecule has 1 amide bonds. The van der Waals surface area contributed by atoms with Gasteiger partial charge in [0.05, 0.1) is 6.54 Å². The van der Waals surface area contributed by atoms with Crippen molar-refractivity contribution in [2.45, 2.75) is 31.0 Å². The molecule has 2 aliphatic rings. The molecule has 0 radical (unpaired) electrons.